The average Bonchev–Trinajstić information content (AvgIpc) is 3.79. The Bertz CT molecular complexity index is 3210. The van der Waals surface area contributed by atoms with Crippen LogP contribution < -0.4 is 0 Å². The smallest absolute Gasteiger partial charge is 0.164 e. The number of thiophene rings is 1. The Morgan fingerprint density at radius 3 is 1.62 bits per heavy atom. The van der Waals surface area contributed by atoms with Crippen LogP contribution in [0.25, 0.3) is 98.8 Å². The number of nitrogens with zero attached hydrogens (tertiary/aromatic N) is 3. The van der Waals surface area contributed by atoms with Crippen LogP contribution in [-0.2, 0) is 5.41 Å². The lowest BCUT2D eigenvalue weighted by Gasteiger charge is -2.21. The van der Waals surface area contributed by atoms with Crippen molar-refractivity contribution in [3.8, 4) is 78.7 Å². The van der Waals surface area contributed by atoms with Gasteiger partial charge in [-0.15, -0.1) is 11.3 Å². The van der Waals surface area contributed by atoms with E-state index in [1.165, 1.54) is 59.1 Å². The van der Waals surface area contributed by atoms with E-state index in [2.05, 4.69) is 202 Å². The first-order valence-electron chi connectivity index (χ1n) is 19.8. The molecule has 58 heavy (non-hydrogen) atoms. The first kappa shape index (κ1) is 34.3. The molecule has 0 saturated carbocycles. The van der Waals surface area contributed by atoms with Gasteiger partial charge in [0.1, 0.15) is 0 Å². The average molecular weight is 760 g/mol. The second-order valence-corrected chi connectivity index (χ2v) is 16.6. The molecule has 1 aliphatic rings. The maximum atomic E-state index is 5.34. The fourth-order valence-electron chi connectivity index (χ4n) is 8.84. The van der Waals surface area contributed by atoms with Gasteiger partial charge in [-0.05, 0) is 79.9 Å². The molecule has 10 aromatic rings. The Hall–Kier alpha value is -7.01. The topological polar surface area (TPSA) is 38.7 Å². The molecule has 11 rings (SSSR count). The zero-order valence-corrected chi connectivity index (χ0v) is 33.0. The van der Waals surface area contributed by atoms with Gasteiger partial charge in [0.05, 0.1) is 0 Å². The number of fused-ring (bicyclic) bond motifs is 6. The molecule has 3 nitrogen and oxygen atoms in total. The van der Waals surface area contributed by atoms with E-state index in [-0.39, 0.29) is 5.41 Å². The second kappa shape index (κ2) is 13.6. The van der Waals surface area contributed by atoms with Crippen molar-refractivity contribution in [2.45, 2.75) is 19.3 Å². The van der Waals surface area contributed by atoms with Gasteiger partial charge in [-0.1, -0.05) is 178 Å². The van der Waals surface area contributed by atoms with Crippen LogP contribution in [0.5, 0.6) is 0 Å². The zero-order chi connectivity index (χ0) is 38.8. The van der Waals surface area contributed by atoms with E-state index in [0.29, 0.717) is 17.5 Å². The molecule has 0 bridgehead atoms. The van der Waals surface area contributed by atoms with Crippen LogP contribution in [0.3, 0.4) is 0 Å². The Morgan fingerprint density at radius 1 is 0.362 bits per heavy atom. The summed E-state index contributed by atoms with van der Waals surface area (Å²) in [6, 6.07) is 67.2. The minimum atomic E-state index is -0.148. The normalized spacial score (nSPS) is 12.8. The number of rotatable bonds is 6. The van der Waals surface area contributed by atoms with Crippen molar-refractivity contribution in [3.05, 3.63) is 199 Å². The minimum absolute atomic E-state index is 0.148. The van der Waals surface area contributed by atoms with Gasteiger partial charge >= 0.3 is 0 Å². The lowest BCUT2D eigenvalue weighted by Crippen LogP contribution is -2.14. The summed E-state index contributed by atoms with van der Waals surface area (Å²) in [6.45, 7) is 4.62. The van der Waals surface area contributed by atoms with Crippen LogP contribution >= 0.6 is 11.3 Å². The number of hydrogen-bond donors (Lipinski definition) is 0. The van der Waals surface area contributed by atoms with Crippen molar-refractivity contribution in [2.24, 2.45) is 0 Å². The van der Waals surface area contributed by atoms with Crippen molar-refractivity contribution in [1.29, 1.82) is 0 Å². The minimum Gasteiger partial charge on any atom is -0.208 e. The van der Waals surface area contributed by atoms with E-state index in [9.17, 15) is 0 Å². The summed E-state index contributed by atoms with van der Waals surface area (Å²) in [5, 5.41) is 2.57. The molecule has 0 aliphatic heterocycles. The monoisotopic (exact) mass is 759 g/mol. The van der Waals surface area contributed by atoms with Crippen molar-refractivity contribution in [2.75, 3.05) is 0 Å². The van der Waals surface area contributed by atoms with Crippen molar-refractivity contribution in [3.63, 3.8) is 0 Å². The van der Waals surface area contributed by atoms with Gasteiger partial charge in [0.2, 0.25) is 0 Å². The molecule has 2 aromatic heterocycles. The van der Waals surface area contributed by atoms with Crippen LogP contribution in [0.2, 0.25) is 0 Å². The molecule has 0 saturated heterocycles. The lowest BCUT2D eigenvalue weighted by atomic mass is 9.82. The molecule has 0 unspecified atom stereocenters. The maximum Gasteiger partial charge on any atom is 0.164 e. The molecule has 0 fully saturated rings. The van der Waals surface area contributed by atoms with Crippen molar-refractivity contribution >= 4 is 31.5 Å². The highest BCUT2D eigenvalue weighted by Gasteiger charge is 2.37. The lowest BCUT2D eigenvalue weighted by molar-refractivity contribution is 0.660. The van der Waals surface area contributed by atoms with Gasteiger partial charge in [0.15, 0.2) is 17.5 Å². The summed E-state index contributed by atoms with van der Waals surface area (Å²) in [5.74, 6) is 1.95. The molecular weight excluding hydrogens is 723 g/mol. The molecule has 8 aromatic carbocycles. The summed E-state index contributed by atoms with van der Waals surface area (Å²) in [4.78, 5) is 15.9. The van der Waals surface area contributed by atoms with Crippen LogP contribution in [0.1, 0.15) is 25.0 Å². The Balaban J connectivity index is 1.09. The predicted octanol–water partition coefficient (Wildman–Crippen LogP) is 14.5. The van der Waals surface area contributed by atoms with Gasteiger partial charge in [-0.3, -0.25) is 0 Å². The highest BCUT2D eigenvalue weighted by molar-refractivity contribution is 7.26. The molecule has 0 spiro atoms. The molecular formula is C54H37N3S. The summed E-state index contributed by atoms with van der Waals surface area (Å²) in [5.41, 5.74) is 14.7. The van der Waals surface area contributed by atoms with E-state index in [1.54, 1.807) is 0 Å². The second-order valence-electron chi connectivity index (χ2n) is 15.6. The Labute approximate surface area is 342 Å². The van der Waals surface area contributed by atoms with Crippen molar-refractivity contribution in [1.82, 2.24) is 15.0 Å². The molecule has 1 aliphatic carbocycles. The Kier molecular flexibility index (Phi) is 8.02. The quantitative estimate of drug-likeness (QED) is 0.169. The van der Waals surface area contributed by atoms with Gasteiger partial charge in [-0.25, -0.2) is 15.0 Å². The third-order valence-electron chi connectivity index (χ3n) is 11.7. The summed E-state index contributed by atoms with van der Waals surface area (Å²) < 4.78 is 2.58. The predicted molar refractivity (Wildman–Crippen MR) is 243 cm³/mol. The molecule has 0 N–H and O–H groups in total. The molecule has 0 amide bonds. The fraction of sp³-hybridized carbons (Fsp3) is 0.0556. The standard InChI is InChI=1S/C54H37N3S/c1-54(2)46-28-8-6-24-44(46)49-45(27-14-29-47(49)54)53-56-51(39-21-11-19-37(32-39)36-18-10-17-35(31-36)34-15-4-3-5-16-34)55-52(57-53)40-22-12-20-38(33-40)41-25-13-26-43-42-23-7-9-30-48(42)58-50(41)43/h3-33H,1-2H3. The third kappa shape index (κ3) is 5.68. The van der Waals surface area contributed by atoms with E-state index >= 15 is 0 Å². The first-order valence-corrected chi connectivity index (χ1v) is 20.6. The third-order valence-corrected chi connectivity index (χ3v) is 13.0. The van der Waals surface area contributed by atoms with Crippen LogP contribution in [0.15, 0.2) is 188 Å². The van der Waals surface area contributed by atoms with Gasteiger partial charge in [0, 0.05) is 42.3 Å². The maximum absolute atomic E-state index is 5.34. The molecule has 274 valence electrons. The molecule has 4 heteroatoms. The highest BCUT2D eigenvalue weighted by Crippen LogP contribution is 2.52. The molecule has 0 radical (unpaired) electrons. The van der Waals surface area contributed by atoms with Gasteiger partial charge in [-0.2, -0.15) is 0 Å². The number of aromatic nitrogens is 3. The van der Waals surface area contributed by atoms with E-state index < -0.39 is 0 Å². The summed E-state index contributed by atoms with van der Waals surface area (Å²) in [7, 11) is 0. The largest absolute Gasteiger partial charge is 0.208 e. The van der Waals surface area contributed by atoms with Crippen molar-refractivity contribution < 1.29 is 0 Å². The van der Waals surface area contributed by atoms with Crippen LogP contribution in [-0.4, -0.2) is 15.0 Å². The fourth-order valence-corrected chi connectivity index (χ4v) is 10.1. The first-order chi connectivity index (χ1) is 28.5. The van der Waals surface area contributed by atoms with Crippen LogP contribution in [0, 0.1) is 0 Å². The zero-order valence-electron chi connectivity index (χ0n) is 32.1. The molecule has 2 heterocycles. The number of benzene rings is 8. The summed E-state index contributed by atoms with van der Waals surface area (Å²) in [6.07, 6.45) is 0. The van der Waals surface area contributed by atoms with E-state index in [0.717, 1.165) is 33.4 Å². The van der Waals surface area contributed by atoms with Gasteiger partial charge in [0.25, 0.3) is 0 Å². The van der Waals surface area contributed by atoms with Crippen LogP contribution in [0.4, 0.5) is 0 Å². The molecule has 0 atom stereocenters. The van der Waals surface area contributed by atoms with Gasteiger partial charge < -0.3 is 0 Å². The van der Waals surface area contributed by atoms with E-state index in [1.807, 2.05) is 11.3 Å². The Morgan fingerprint density at radius 2 is 0.845 bits per heavy atom. The SMILES string of the molecule is CC1(C)c2ccccc2-c2c(-c3nc(-c4cccc(-c5cccc(-c6ccccc6)c5)c4)nc(-c4cccc(-c5cccc6c5sc5ccccc56)c4)n3)cccc21. The number of hydrogen-bond acceptors (Lipinski definition) is 4. The summed E-state index contributed by atoms with van der Waals surface area (Å²) >= 11 is 1.85. The van der Waals surface area contributed by atoms with E-state index in [4.69, 9.17) is 15.0 Å². The highest BCUT2D eigenvalue weighted by atomic mass is 32.1.